The van der Waals surface area contributed by atoms with Gasteiger partial charge in [0.2, 0.25) is 5.91 Å². The van der Waals surface area contributed by atoms with Crippen LogP contribution < -0.4 is 21.0 Å². The standard InChI is InChI=1S/C34H38N2O4Si/c1-34(2,3)41(30-20-12-6-13-21-30,31-22-14-7-15-23-31)40-26-29(35-28-18-10-5-11-19-28)24-32(37)36-33(38)39-25-27-16-8-4-9-17-27/h4-23,29,35H,24-26H2,1-3H3,(H,36,37,38)/t29-/m1/s1. The third-order valence-corrected chi connectivity index (χ3v) is 12.0. The number of amides is 2. The molecule has 0 fully saturated rings. The zero-order valence-corrected chi connectivity index (χ0v) is 24.9. The van der Waals surface area contributed by atoms with Crippen molar-refractivity contribution < 1.29 is 18.8 Å². The summed E-state index contributed by atoms with van der Waals surface area (Å²) in [5.41, 5.74) is 1.71. The highest BCUT2D eigenvalue weighted by Gasteiger charge is 2.50. The van der Waals surface area contributed by atoms with E-state index >= 15 is 0 Å². The molecule has 4 aromatic rings. The second-order valence-electron chi connectivity index (χ2n) is 11.0. The number of nitrogens with one attached hydrogen (secondary N) is 2. The Morgan fingerprint density at radius 2 is 1.22 bits per heavy atom. The molecule has 2 N–H and O–H groups in total. The van der Waals surface area contributed by atoms with E-state index < -0.39 is 26.4 Å². The molecular formula is C34H38N2O4Si. The third-order valence-electron chi connectivity index (χ3n) is 6.95. The van der Waals surface area contributed by atoms with Gasteiger partial charge in [0.05, 0.1) is 12.6 Å². The van der Waals surface area contributed by atoms with Gasteiger partial charge in [-0.1, -0.05) is 130 Å². The molecule has 0 unspecified atom stereocenters. The molecule has 212 valence electrons. The average Bonchev–Trinajstić information content (AvgIpc) is 2.98. The fourth-order valence-electron chi connectivity index (χ4n) is 5.06. The van der Waals surface area contributed by atoms with E-state index in [-0.39, 0.29) is 24.7 Å². The normalized spacial score (nSPS) is 12.3. The number of carbonyl (C=O) groups is 2. The van der Waals surface area contributed by atoms with Crippen molar-refractivity contribution in [2.24, 2.45) is 0 Å². The van der Waals surface area contributed by atoms with E-state index in [1.54, 1.807) is 0 Å². The van der Waals surface area contributed by atoms with Crippen molar-refractivity contribution in [3.63, 3.8) is 0 Å². The van der Waals surface area contributed by atoms with Gasteiger partial charge in [-0.25, -0.2) is 4.79 Å². The van der Waals surface area contributed by atoms with Gasteiger partial charge in [0.15, 0.2) is 0 Å². The van der Waals surface area contributed by atoms with E-state index in [1.165, 1.54) is 0 Å². The van der Waals surface area contributed by atoms with Crippen LogP contribution in [0.2, 0.25) is 5.04 Å². The Balaban J connectivity index is 1.55. The number of hydrogen-bond donors (Lipinski definition) is 2. The van der Waals surface area contributed by atoms with E-state index in [0.29, 0.717) is 0 Å². The highest BCUT2D eigenvalue weighted by atomic mass is 28.4. The van der Waals surface area contributed by atoms with Crippen LogP contribution in [0, 0.1) is 0 Å². The van der Waals surface area contributed by atoms with Gasteiger partial charge in [-0.2, -0.15) is 0 Å². The van der Waals surface area contributed by atoms with Gasteiger partial charge in [0.25, 0.3) is 8.32 Å². The summed E-state index contributed by atoms with van der Waals surface area (Å²) >= 11 is 0. The van der Waals surface area contributed by atoms with Gasteiger partial charge in [-0.05, 0) is 33.1 Å². The minimum atomic E-state index is -2.83. The minimum absolute atomic E-state index is 0.0214. The number of imide groups is 1. The lowest BCUT2D eigenvalue weighted by Crippen LogP contribution is -2.67. The second kappa shape index (κ2) is 13.9. The molecule has 0 saturated heterocycles. The maximum absolute atomic E-state index is 13.0. The van der Waals surface area contributed by atoms with Crippen LogP contribution >= 0.6 is 0 Å². The zero-order chi connectivity index (χ0) is 29.1. The third kappa shape index (κ3) is 7.93. The molecule has 41 heavy (non-hydrogen) atoms. The first kappa shape index (κ1) is 29.8. The lowest BCUT2D eigenvalue weighted by molar-refractivity contribution is -0.120. The summed E-state index contributed by atoms with van der Waals surface area (Å²) in [7, 11) is -2.83. The largest absolute Gasteiger partial charge is 0.444 e. The first-order valence-corrected chi connectivity index (χ1v) is 15.8. The molecule has 0 aliphatic carbocycles. The van der Waals surface area contributed by atoms with E-state index in [0.717, 1.165) is 21.6 Å². The molecule has 1 atom stereocenters. The number of carbonyl (C=O) groups excluding carboxylic acids is 2. The molecule has 0 aliphatic heterocycles. The van der Waals surface area contributed by atoms with Crippen molar-refractivity contribution in [1.82, 2.24) is 5.32 Å². The van der Waals surface area contributed by atoms with Crippen LogP contribution in [0.15, 0.2) is 121 Å². The Morgan fingerprint density at radius 1 is 0.732 bits per heavy atom. The molecule has 0 radical (unpaired) electrons. The molecule has 0 aromatic heterocycles. The fourth-order valence-corrected chi connectivity index (χ4v) is 9.66. The van der Waals surface area contributed by atoms with Crippen LogP contribution in [-0.4, -0.2) is 33.0 Å². The van der Waals surface area contributed by atoms with Crippen molar-refractivity contribution in [2.45, 2.75) is 44.9 Å². The van der Waals surface area contributed by atoms with Crippen LogP contribution in [0.5, 0.6) is 0 Å². The van der Waals surface area contributed by atoms with Crippen molar-refractivity contribution in [3.8, 4) is 0 Å². The van der Waals surface area contributed by atoms with Gasteiger partial charge in [-0.15, -0.1) is 0 Å². The molecule has 0 saturated carbocycles. The lowest BCUT2D eigenvalue weighted by atomic mass is 10.2. The molecule has 6 nitrogen and oxygen atoms in total. The van der Waals surface area contributed by atoms with E-state index in [4.69, 9.17) is 9.16 Å². The molecule has 0 spiro atoms. The Labute approximate surface area is 243 Å². The predicted molar refractivity (Wildman–Crippen MR) is 167 cm³/mol. The number of para-hydroxylation sites is 1. The first-order valence-electron chi connectivity index (χ1n) is 13.8. The summed E-state index contributed by atoms with van der Waals surface area (Å²) in [6.07, 6.45) is -0.752. The number of anilines is 1. The summed E-state index contributed by atoms with van der Waals surface area (Å²) in [5, 5.41) is 7.93. The van der Waals surface area contributed by atoms with Crippen LogP contribution in [-0.2, 0) is 20.6 Å². The summed E-state index contributed by atoms with van der Waals surface area (Å²) in [6, 6.07) is 39.4. The van der Waals surface area contributed by atoms with Crippen LogP contribution in [0.3, 0.4) is 0 Å². The van der Waals surface area contributed by atoms with E-state index in [9.17, 15) is 9.59 Å². The summed E-state index contributed by atoms with van der Waals surface area (Å²) in [6.45, 7) is 6.99. The number of alkyl carbamates (subject to hydrolysis) is 1. The predicted octanol–water partition coefficient (Wildman–Crippen LogP) is 5.89. The molecule has 0 aliphatic rings. The van der Waals surface area contributed by atoms with E-state index in [2.05, 4.69) is 55.7 Å². The highest BCUT2D eigenvalue weighted by Crippen LogP contribution is 2.37. The zero-order valence-electron chi connectivity index (χ0n) is 23.9. The van der Waals surface area contributed by atoms with E-state index in [1.807, 2.05) is 97.1 Å². The fraction of sp³-hybridized carbons (Fsp3) is 0.235. The Hall–Kier alpha value is -4.20. The topological polar surface area (TPSA) is 76.7 Å². The Kier molecular flexibility index (Phi) is 10.1. The number of hydrogen-bond acceptors (Lipinski definition) is 5. The molecule has 0 bridgehead atoms. The lowest BCUT2D eigenvalue weighted by Gasteiger charge is -2.43. The maximum Gasteiger partial charge on any atom is 0.414 e. The smallest absolute Gasteiger partial charge is 0.414 e. The summed E-state index contributed by atoms with van der Waals surface area (Å²) in [5.74, 6) is -0.442. The number of rotatable bonds is 11. The van der Waals surface area contributed by atoms with Gasteiger partial charge in [0.1, 0.15) is 6.61 Å². The average molecular weight is 567 g/mol. The van der Waals surface area contributed by atoms with Crippen molar-refractivity contribution in [1.29, 1.82) is 0 Å². The quantitative estimate of drug-likeness (QED) is 0.222. The van der Waals surface area contributed by atoms with Gasteiger partial charge >= 0.3 is 6.09 Å². The van der Waals surface area contributed by atoms with Crippen molar-refractivity contribution in [3.05, 3.63) is 127 Å². The second-order valence-corrected chi connectivity index (χ2v) is 15.3. The number of benzene rings is 4. The molecule has 0 heterocycles. The van der Waals surface area contributed by atoms with Crippen molar-refractivity contribution >= 4 is 36.4 Å². The van der Waals surface area contributed by atoms with Gasteiger partial charge in [0, 0.05) is 12.1 Å². The van der Waals surface area contributed by atoms with Crippen molar-refractivity contribution in [2.75, 3.05) is 11.9 Å². The Morgan fingerprint density at radius 3 is 1.73 bits per heavy atom. The maximum atomic E-state index is 13.0. The monoisotopic (exact) mass is 566 g/mol. The molecule has 7 heteroatoms. The van der Waals surface area contributed by atoms with Gasteiger partial charge in [-0.3, -0.25) is 10.1 Å². The first-order chi connectivity index (χ1) is 19.8. The Bertz CT molecular complexity index is 1340. The summed E-state index contributed by atoms with van der Waals surface area (Å²) < 4.78 is 12.3. The summed E-state index contributed by atoms with van der Waals surface area (Å²) in [4.78, 5) is 25.4. The van der Waals surface area contributed by atoms with Crippen LogP contribution in [0.25, 0.3) is 0 Å². The number of ether oxygens (including phenoxy) is 1. The molecule has 4 aromatic carbocycles. The molecular weight excluding hydrogens is 528 g/mol. The van der Waals surface area contributed by atoms with Crippen LogP contribution in [0.1, 0.15) is 32.8 Å². The molecule has 4 rings (SSSR count). The molecule has 2 amide bonds. The van der Waals surface area contributed by atoms with Gasteiger partial charge < -0.3 is 14.5 Å². The SMILES string of the molecule is CC(C)(C)[Si](OC[C@@H](CC(=O)NC(=O)OCc1ccccc1)Nc1ccccc1)(c1ccccc1)c1ccccc1. The minimum Gasteiger partial charge on any atom is -0.444 e. The highest BCUT2D eigenvalue weighted by molar-refractivity contribution is 6.99. The van der Waals surface area contributed by atoms with Crippen LogP contribution in [0.4, 0.5) is 10.5 Å².